The number of rotatable bonds is 6. The van der Waals surface area contributed by atoms with E-state index < -0.39 is 9.74 Å². The quantitative estimate of drug-likeness (QED) is 0.154. The number of aromatic amines is 1. The number of nitrogens with zero attached hydrogens (tertiary/aromatic N) is 6. The van der Waals surface area contributed by atoms with Gasteiger partial charge in [-0.25, -0.2) is 9.97 Å². The third-order valence-electron chi connectivity index (χ3n) is 5.80. The average molecular weight is 582 g/mol. The number of H-pyrrole nitrogens is 1. The van der Waals surface area contributed by atoms with Gasteiger partial charge in [-0.2, -0.15) is 0 Å². The lowest BCUT2D eigenvalue weighted by Crippen LogP contribution is -2.50. The summed E-state index contributed by atoms with van der Waals surface area (Å²) in [6, 6.07) is 7.40. The molecule has 4 aromatic rings. The Morgan fingerprint density at radius 1 is 1.22 bits per heavy atom. The summed E-state index contributed by atoms with van der Waals surface area (Å²) in [5.74, 6) is 0.829. The summed E-state index contributed by atoms with van der Waals surface area (Å²) in [5, 5.41) is 15.0. The molecule has 10 nitrogen and oxygen atoms in total. The lowest BCUT2D eigenvalue weighted by atomic mass is 10.2. The maximum Gasteiger partial charge on any atom is 0.216 e. The highest BCUT2D eigenvalue weighted by Crippen LogP contribution is 2.31. The number of fused-ring (bicyclic) bond motifs is 1. The minimum Gasteiger partial charge on any atom is -0.352 e. The third kappa shape index (κ3) is 5.30. The minimum atomic E-state index is -2.92. The second kappa shape index (κ2) is 10.5. The molecule has 1 aliphatic rings. The smallest absolute Gasteiger partial charge is 0.216 e. The van der Waals surface area contributed by atoms with Crippen LogP contribution in [0.3, 0.4) is 0 Å². The Labute approximate surface area is 225 Å². The Hall–Kier alpha value is -2.44. The maximum absolute atomic E-state index is 13.2. The van der Waals surface area contributed by atoms with Crippen LogP contribution >= 0.6 is 43.6 Å². The number of hydrogen-bond donors (Lipinski definition) is 4. The zero-order valence-corrected chi connectivity index (χ0v) is 23.7. The molecule has 1 saturated heterocycles. The van der Waals surface area contributed by atoms with Crippen LogP contribution in [0.25, 0.3) is 11.0 Å². The van der Waals surface area contributed by atoms with Gasteiger partial charge in [0.25, 0.3) is 0 Å². The van der Waals surface area contributed by atoms with Gasteiger partial charge in [0.1, 0.15) is 22.8 Å². The van der Waals surface area contributed by atoms with Gasteiger partial charge < -0.3 is 20.1 Å². The molecule has 4 heterocycles. The minimum absolute atomic E-state index is 0.550. The van der Waals surface area contributed by atoms with Gasteiger partial charge in [0.15, 0.2) is 5.11 Å². The summed E-state index contributed by atoms with van der Waals surface area (Å²) in [6.45, 7) is 4.99. The van der Waals surface area contributed by atoms with Gasteiger partial charge in [-0.3, -0.25) is 8.93 Å². The highest BCUT2D eigenvalue weighted by molar-refractivity contribution is 8.46. The van der Waals surface area contributed by atoms with Crippen LogP contribution in [0.1, 0.15) is 11.9 Å². The van der Waals surface area contributed by atoms with E-state index in [4.69, 9.17) is 23.8 Å². The van der Waals surface area contributed by atoms with Crippen molar-refractivity contribution in [2.75, 3.05) is 41.1 Å². The molecule has 0 spiro atoms. The van der Waals surface area contributed by atoms with Crippen molar-refractivity contribution in [3.05, 3.63) is 46.8 Å². The molecule has 1 fully saturated rings. The molecule has 0 radical (unpaired) electrons. The zero-order valence-electron chi connectivity index (χ0n) is 19.3. The van der Waals surface area contributed by atoms with E-state index in [1.807, 2.05) is 31.2 Å². The molecule has 15 heteroatoms. The summed E-state index contributed by atoms with van der Waals surface area (Å²) in [7, 11) is -0.495. The molecule has 3 aromatic heterocycles. The molecule has 1 atom stereocenters. The Morgan fingerprint density at radius 3 is 2.67 bits per heavy atom. The van der Waals surface area contributed by atoms with Crippen LogP contribution in [-0.2, 0) is 16.2 Å². The van der Waals surface area contributed by atoms with Crippen molar-refractivity contribution < 1.29 is 4.21 Å². The van der Waals surface area contributed by atoms with Crippen molar-refractivity contribution in [3.8, 4) is 0 Å². The molecular formula is C21H25ClN9OPS3. The molecule has 190 valence electrons. The van der Waals surface area contributed by atoms with Crippen molar-refractivity contribution in [3.63, 3.8) is 0 Å². The first-order valence-electron chi connectivity index (χ1n) is 11.2. The first-order valence-corrected chi connectivity index (χ1v) is 16.1. The van der Waals surface area contributed by atoms with Crippen molar-refractivity contribution in [1.29, 1.82) is 0 Å². The van der Waals surface area contributed by atoms with Crippen LogP contribution in [0.5, 0.6) is 0 Å². The lowest BCUT2D eigenvalue weighted by molar-refractivity contribution is 0.390. The lowest BCUT2D eigenvalue weighted by Gasteiger charge is -2.37. The summed E-state index contributed by atoms with van der Waals surface area (Å²) in [6.07, 6.45) is 4.07. The summed E-state index contributed by atoms with van der Waals surface area (Å²) < 4.78 is 16.2. The molecule has 5 rings (SSSR count). The summed E-state index contributed by atoms with van der Waals surface area (Å²) in [4.78, 5) is 16.8. The summed E-state index contributed by atoms with van der Waals surface area (Å²) in [5.41, 5.74) is 1.56. The second-order valence-electron chi connectivity index (χ2n) is 8.13. The Bertz CT molecular complexity index is 1440. The Kier molecular flexibility index (Phi) is 7.36. The first kappa shape index (κ1) is 25.2. The number of thiocarbonyl (C=S) groups is 1. The van der Waals surface area contributed by atoms with Crippen LogP contribution in [0.2, 0.25) is 5.02 Å². The monoisotopic (exact) mass is 581 g/mol. The fraction of sp³-hybridized carbons (Fsp3) is 0.286. The van der Waals surface area contributed by atoms with Crippen molar-refractivity contribution in [1.82, 2.24) is 30.0 Å². The molecule has 1 aliphatic heterocycles. The van der Waals surface area contributed by atoms with Crippen LogP contribution in [-0.4, -0.2) is 65.5 Å². The molecule has 36 heavy (non-hydrogen) atoms. The molecule has 3 N–H and O–H groups in total. The van der Waals surface area contributed by atoms with Gasteiger partial charge in [-0.05, 0) is 61.1 Å². The van der Waals surface area contributed by atoms with Crippen molar-refractivity contribution in [2.24, 2.45) is 0 Å². The number of aryl methyl sites for hydroxylation is 1. The molecule has 1 aromatic carbocycles. The van der Waals surface area contributed by atoms with E-state index in [-0.39, 0.29) is 0 Å². The normalized spacial score (nSPS) is 14.8. The van der Waals surface area contributed by atoms with Crippen LogP contribution < -0.4 is 14.9 Å². The van der Waals surface area contributed by atoms with Gasteiger partial charge in [0.05, 0.1) is 10.4 Å². The molecule has 0 saturated carbocycles. The largest absolute Gasteiger partial charge is 0.352 e. The first-order chi connectivity index (χ1) is 17.3. The molecule has 1 unspecified atom stereocenters. The Morgan fingerprint density at radius 2 is 1.97 bits per heavy atom. The van der Waals surface area contributed by atoms with Crippen molar-refractivity contribution >= 4 is 86.1 Å². The number of benzene rings is 1. The highest BCUT2D eigenvalue weighted by atomic mass is 35.5. The second-order valence-corrected chi connectivity index (χ2v) is 14.2. The predicted octanol–water partition coefficient (Wildman–Crippen LogP) is 3.74. The standard InChI is InChI=1S/C21H25ClN9OPS3/c1-2-16-27-28-20(35-16)29-36(32,33)14-5-3-13(4-6-14)26-21(34)31-9-7-30(8-10-31)19-17-15(22)11-23-18(17)24-12-25-19/h3-6,11-12,36H,2,7-10,33H2,1H3,(H,26,34)(H,23,24,25)(H,28,29,32). The number of thiol groups is 1. The number of nitrogens with one attached hydrogen (secondary N) is 3. The molecule has 0 aliphatic carbocycles. The van der Waals surface area contributed by atoms with E-state index in [0.29, 0.717) is 20.2 Å². The van der Waals surface area contributed by atoms with Gasteiger partial charge in [-0.15, -0.1) is 10.2 Å². The molecule has 0 amide bonds. The number of piperazine rings is 1. The predicted molar refractivity (Wildman–Crippen MR) is 156 cm³/mol. The highest BCUT2D eigenvalue weighted by Gasteiger charge is 2.23. The fourth-order valence-corrected chi connectivity index (χ4v) is 7.75. The van der Waals surface area contributed by atoms with E-state index >= 15 is 0 Å². The number of halogens is 1. The zero-order chi connectivity index (χ0) is 25.3. The van der Waals surface area contributed by atoms with Crippen LogP contribution in [0, 0.1) is 0 Å². The molecule has 0 bridgehead atoms. The van der Waals surface area contributed by atoms with E-state index in [1.54, 1.807) is 12.5 Å². The maximum atomic E-state index is 13.2. The van der Waals surface area contributed by atoms with Crippen molar-refractivity contribution in [2.45, 2.75) is 18.2 Å². The van der Waals surface area contributed by atoms with Gasteiger partial charge in [0.2, 0.25) is 5.13 Å². The van der Waals surface area contributed by atoms with E-state index in [9.17, 15) is 4.21 Å². The SMILES string of the molecule is CCc1nnc(N[SH](=O)(P)c2ccc(NC(=S)N3CCN(c4ncnc5[nH]cc(Cl)c45)CC3)cc2)s1. The van der Waals surface area contributed by atoms with Gasteiger partial charge in [0, 0.05) is 43.0 Å². The number of aromatic nitrogens is 5. The van der Waals surface area contributed by atoms with Gasteiger partial charge in [-0.1, -0.05) is 29.9 Å². The fourth-order valence-electron chi connectivity index (χ4n) is 3.89. The van der Waals surface area contributed by atoms with E-state index in [1.165, 1.54) is 11.3 Å². The van der Waals surface area contributed by atoms with Crippen LogP contribution in [0.15, 0.2) is 41.7 Å². The van der Waals surface area contributed by atoms with E-state index in [0.717, 1.165) is 60.1 Å². The topological polar surface area (TPSA) is 115 Å². The third-order valence-corrected chi connectivity index (χ3v) is 10.5. The van der Waals surface area contributed by atoms with Crippen LogP contribution in [0.4, 0.5) is 16.6 Å². The average Bonchev–Trinajstić information content (AvgIpc) is 3.50. The molecular weight excluding hydrogens is 557 g/mol. The number of anilines is 3. The van der Waals surface area contributed by atoms with Gasteiger partial charge >= 0.3 is 0 Å². The Balaban J connectivity index is 1.18. The summed E-state index contributed by atoms with van der Waals surface area (Å²) >= 11 is 13.4. The van der Waals surface area contributed by atoms with E-state index in [2.05, 4.69) is 53.4 Å². The number of hydrogen-bond acceptors (Lipinski definition) is 8.